The number of thiophene rings is 1. The number of amides is 1. The summed E-state index contributed by atoms with van der Waals surface area (Å²) in [6.07, 6.45) is 0.516. The van der Waals surface area contributed by atoms with Crippen molar-refractivity contribution in [2.24, 2.45) is 0 Å². The first-order valence-electron chi connectivity index (χ1n) is 8.44. The molecule has 6 heteroatoms. The second-order valence-electron chi connectivity index (χ2n) is 6.54. The molecule has 5 nitrogen and oxygen atoms in total. The smallest absolute Gasteiger partial charge is 0.227 e. The van der Waals surface area contributed by atoms with Crippen LogP contribution in [-0.4, -0.2) is 47.2 Å². The van der Waals surface area contributed by atoms with Crippen LogP contribution < -0.4 is 4.90 Å². The lowest BCUT2D eigenvalue weighted by atomic mass is 10.2. The van der Waals surface area contributed by atoms with E-state index < -0.39 is 0 Å². The molecule has 24 heavy (non-hydrogen) atoms. The van der Waals surface area contributed by atoms with Crippen LogP contribution in [-0.2, 0) is 11.2 Å². The Kier molecular flexibility index (Phi) is 5.14. The van der Waals surface area contributed by atoms with Crippen molar-refractivity contribution in [1.82, 2.24) is 15.1 Å². The average molecular weight is 344 g/mol. The number of hydrogen-bond donors (Lipinski definition) is 0. The minimum absolute atomic E-state index is 0.224. The Bertz CT molecular complexity index is 687. The molecule has 1 fully saturated rings. The molecular weight excluding hydrogens is 320 g/mol. The summed E-state index contributed by atoms with van der Waals surface area (Å²) >= 11 is 1.76. The number of piperazine rings is 1. The van der Waals surface area contributed by atoms with Gasteiger partial charge in [-0.15, -0.1) is 16.4 Å². The second-order valence-corrected chi connectivity index (χ2v) is 7.74. The van der Waals surface area contributed by atoms with Crippen molar-refractivity contribution in [2.45, 2.75) is 33.1 Å². The summed E-state index contributed by atoms with van der Waals surface area (Å²) in [5.74, 6) is 1.65. The van der Waals surface area contributed by atoms with Gasteiger partial charge < -0.3 is 9.80 Å². The molecule has 1 amide bonds. The molecule has 0 bridgehead atoms. The van der Waals surface area contributed by atoms with Crippen molar-refractivity contribution in [3.8, 4) is 0 Å². The van der Waals surface area contributed by atoms with Crippen LogP contribution in [0.15, 0.2) is 24.3 Å². The van der Waals surface area contributed by atoms with Gasteiger partial charge in [-0.1, -0.05) is 13.8 Å². The van der Waals surface area contributed by atoms with Gasteiger partial charge in [0.1, 0.15) is 0 Å². The molecule has 2 aromatic heterocycles. The van der Waals surface area contributed by atoms with Crippen molar-refractivity contribution in [3.05, 3.63) is 39.7 Å². The lowest BCUT2D eigenvalue weighted by Crippen LogP contribution is -2.49. The summed E-state index contributed by atoms with van der Waals surface area (Å²) in [4.78, 5) is 19.2. The second kappa shape index (κ2) is 7.30. The van der Waals surface area contributed by atoms with Gasteiger partial charge in [0, 0.05) is 35.9 Å². The third-order valence-electron chi connectivity index (χ3n) is 4.32. The first kappa shape index (κ1) is 16.9. The van der Waals surface area contributed by atoms with E-state index in [-0.39, 0.29) is 5.91 Å². The highest BCUT2D eigenvalue weighted by atomic mass is 32.1. The number of anilines is 1. The summed E-state index contributed by atoms with van der Waals surface area (Å²) in [7, 11) is 0. The summed E-state index contributed by atoms with van der Waals surface area (Å²) < 4.78 is 0. The highest BCUT2D eigenvalue weighted by Gasteiger charge is 2.22. The van der Waals surface area contributed by atoms with E-state index in [1.165, 1.54) is 4.88 Å². The molecule has 0 spiro atoms. The molecule has 3 rings (SSSR count). The Morgan fingerprint density at radius 1 is 1.12 bits per heavy atom. The quantitative estimate of drug-likeness (QED) is 0.856. The number of carbonyl (C=O) groups excluding carboxylic acids is 1. The number of aryl methyl sites for hydroxylation is 1. The van der Waals surface area contributed by atoms with E-state index in [0.29, 0.717) is 12.3 Å². The van der Waals surface area contributed by atoms with E-state index in [1.807, 2.05) is 24.0 Å². The number of carbonyl (C=O) groups is 1. The van der Waals surface area contributed by atoms with E-state index in [1.54, 1.807) is 11.3 Å². The Balaban J connectivity index is 1.53. The van der Waals surface area contributed by atoms with Crippen LogP contribution in [0.5, 0.6) is 0 Å². The third kappa shape index (κ3) is 3.93. The van der Waals surface area contributed by atoms with E-state index in [9.17, 15) is 4.79 Å². The Morgan fingerprint density at radius 2 is 1.88 bits per heavy atom. The molecule has 1 aliphatic rings. The van der Waals surface area contributed by atoms with Gasteiger partial charge in [-0.25, -0.2) is 0 Å². The van der Waals surface area contributed by atoms with Crippen LogP contribution in [0.4, 0.5) is 5.82 Å². The number of rotatable bonds is 4. The maximum atomic E-state index is 12.5. The zero-order chi connectivity index (χ0) is 17.1. The van der Waals surface area contributed by atoms with Crippen molar-refractivity contribution in [2.75, 3.05) is 31.1 Å². The zero-order valence-corrected chi connectivity index (χ0v) is 15.3. The minimum Gasteiger partial charge on any atom is -0.352 e. The van der Waals surface area contributed by atoms with E-state index >= 15 is 0 Å². The molecule has 1 aliphatic heterocycles. The molecule has 0 N–H and O–H groups in total. The maximum Gasteiger partial charge on any atom is 0.227 e. The molecule has 2 aromatic rings. The van der Waals surface area contributed by atoms with Gasteiger partial charge in [0.25, 0.3) is 0 Å². The van der Waals surface area contributed by atoms with Crippen molar-refractivity contribution >= 4 is 23.1 Å². The molecule has 0 aromatic carbocycles. The predicted molar refractivity (Wildman–Crippen MR) is 97.7 cm³/mol. The van der Waals surface area contributed by atoms with Gasteiger partial charge in [-0.2, -0.15) is 5.10 Å². The Hall–Kier alpha value is -1.95. The fraction of sp³-hybridized carbons (Fsp3) is 0.500. The largest absolute Gasteiger partial charge is 0.352 e. The monoisotopic (exact) mass is 344 g/mol. The topological polar surface area (TPSA) is 49.3 Å². The standard InChI is InChI=1S/C18H24N4OS/c1-13(2)16-6-5-15(24-16)12-18(23)22-10-8-21(9-11-22)17-7-4-14(3)19-20-17/h4-7,13H,8-12H2,1-3H3. The van der Waals surface area contributed by atoms with Crippen LogP contribution in [0.2, 0.25) is 0 Å². The van der Waals surface area contributed by atoms with Crippen LogP contribution in [0.1, 0.15) is 35.2 Å². The number of aromatic nitrogens is 2. The fourth-order valence-electron chi connectivity index (χ4n) is 2.81. The van der Waals surface area contributed by atoms with Gasteiger partial charge in [0.2, 0.25) is 5.91 Å². The van der Waals surface area contributed by atoms with Crippen LogP contribution in [0.25, 0.3) is 0 Å². The predicted octanol–water partition coefficient (Wildman–Crippen LogP) is 2.86. The highest BCUT2D eigenvalue weighted by molar-refractivity contribution is 7.12. The first-order chi connectivity index (χ1) is 11.5. The SMILES string of the molecule is Cc1ccc(N2CCN(C(=O)Cc3ccc(C(C)C)s3)CC2)nn1. The molecule has 0 radical (unpaired) electrons. The van der Waals surface area contributed by atoms with Crippen LogP contribution in [0, 0.1) is 6.92 Å². The minimum atomic E-state index is 0.224. The summed E-state index contributed by atoms with van der Waals surface area (Å²) in [5, 5.41) is 8.34. The molecule has 0 aliphatic carbocycles. The highest BCUT2D eigenvalue weighted by Crippen LogP contribution is 2.25. The van der Waals surface area contributed by atoms with Gasteiger partial charge >= 0.3 is 0 Å². The zero-order valence-electron chi connectivity index (χ0n) is 14.5. The molecular formula is C18H24N4OS. The number of nitrogens with zero attached hydrogens (tertiary/aromatic N) is 4. The number of hydrogen-bond acceptors (Lipinski definition) is 5. The van der Waals surface area contributed by atoms with E-state index in [2.05, 4.69) is 41.1 Å². The summed E-state index contributed by atoms with van der Waals surface area (Å²) in [5.41, 5.74) is 0.921. The van der Waals surface area contributed by atoms with Crippen LogP contribution >= 0.6 is 11.3 Å². The van der Waals surface area contributed by atoms with E-state index in [4.69, 9.17) is 0 Å². The van der Waals surface area contributed by atoms with Crippen LogP contribution in [0.3, 0.4) is 0 Å². The lowest BCUT2D eigenvalue weighted by Gasteiger charge is -2.35. The molecule has 1 saturated heterocycles. The van der Waals surface area contributed by atoms with E-state index in [0.717, 1.165) is 42.6 Å². The molecule has 0 atom stereocenters. The fourth-order valence-corrected chi connectivity index (χ4v) is 3.81. The molecule has 0 saturated carbocycles. The molecule has 128 valence electrons. The average Bonchev–Trinajstić information content (AvgIpc) is 3.04. The molecule has 0 unspecified atom stereocenters. The normalized spacial score (nSPS) is 15.2. The maximum absolute atomic E-state index is 12.5. The van der Waals surface area contributed by atoms with Crippen molar-refractivity contribution < 1.29 is 4.79 Å². The van der Waals surface area contributed by atoms with Gasteiger partial charge in [0.15, 0.2) is 5.82 Å². The Morgan fingerprint density at radius 3 is 2.46 bits per heavy atom. The van der Waals surface area contributed by atoms with Crippen molar-refractivity contribution in [3.63, 3.8) is 0 Å². The molecule has 3 heterocycles. The van der Waals surface area contributed by atoms with Crippen molar-refractivity contribution in [1.29, 1.82) is 0 Å². The van der Waals surface area contributed by atoms with Gasteiger partial charge in [-0.05, 0) is 37.1 Å². The third-order valence-corrected chi connectivity index (χ3v) is 5.70. The van der Waals surface area contributed by atoms with Gasteiger partial charge in [-0.3, -0.25) is 4.79 Å². The van der Waals surface area contributed by atoms with Gasteiger partial charge in [0.05, 0.1) is 12.1 Å². The summed E-state index contributed by atoms with van der Waals surface area (Å²) in [6, 6.07) is 8.21. The first-order valence-corrected chi connectivity index (χ1v) is 9.26. The summed E-state index contributed by atoms with van der Waals surface area (Å²) in [6.45, 7) is 9.42. The lowest BCUT2D eigenvalue weighted by molar-refractivity contribution is -0.130. The Labute approximate surface area is 147 Å².